The van der Waals surface area contributed by atoms with Crippen molar-refractivity contribution in [2.75, 3.05) is 12.3 Å². The molecule has 0 aliphatic carbocycles. The first-order chi connectivity index (χ1) is 6.61. The molecule has 3 N–H and O–H groups in total. The monoisotopic (exact) mass is 193 g/mol. The summed E-state index contributed by atoms with van der Waals surface area (Å²) in [4.78, 5) is 4.08. The van der Waals surface area contributed by atoms with Gasteiger partial charge in [0.25, 0.3) is 0 Å². The Morgan fingerprint density at radius 1 is 1.50 bits per heavy atom. The number of aryl methyl sites for hydroxylation is 1. The molecule has 1 heterocycles. The zero-order valence-corrected chi connectivity index (χ0v) is 9.17. The number of rotatable bonds is 4. The Morgan fingerprint density at radius 3 is 2.79 bits per heavy atom. The fourth-order valence-electron chi connectivity index (χ4n) is 1.33. The minimum absolute atomic E-state index is 0.640. The van der Waals surface area contributed by atoms with Crippen LogP contribution in [0.5, 0.6) is 0 Å². The molecule has 78 valence electrons. The number of hydrogen-bond donors (Lipinski definition) is 2. The average Bonchev–Trinajstić information content (AvgIpc) is 2.09. The Kier molecular flexibility index (Phi) is 3.89. The van der Waals surface area contributed by atoms with Crippen LogP contribution in [-0.4, -0.2) is 11.5 Å². The number of hydrogen-bond acceptors (Lipinski definition) is 3. The summed E-state index contributed by atoms with van der Waals surface area (Å²) in [6, 6.07) is 1.99. The predicted molar refractivity (Wildman–Crippen MR) is 59.9 cm³/mol. The highest BCUT2D eigenvalue weighted by Crippen LogP contribution is 2.12. The van der Waals surface area contributed by atoms with Crippen molar-refractivity contribution in [3.05, 3.63) is 23.4 Å². The number of anilines is 1. The van der Waals surface area contributed by atoms with E-state index >= 15 is 0 Å². The van der Waals surface area contributed by atoms with Gasteiger partial charge in [0, 0.05) is 18.3 Å². The molecule has 0 amide bonds. The molecule has 0 fully saturated rings. The highest BCUT2D eigenvalue weighted by atomic mass is 14.9. The lowest BCUT2D eigenvalue weighted by Gasteiger charge is -2.10. The van der Waals surface area contributed by atoms with Gasteiger partial charge in [0.2, 0.25) is 0 Å². The maximum atomic E-state index is 5.79. The Morgan fingerprint density at radius 2 is 2.21 bits per heavy atom. The van der Waals surface area contributed by atoms with E-state index in [9.17, 15) is 0 Å². The second kappa shape index (κ2) is 4.96. The van der Waals surface area contributed by atoms with Crippen LogP contribution in [0.25, 0.3) is 0 Å². The van der Waals surface area contributed by atoms with E-state index in [0.29, 0.717) is 11.7 Å². The van der Waals surface area contributed by atoms with Crippen molar-refractivity contribution in [3.8, 4) is 0 Å². The second-order valence-electron chi connectivity index (χ2n) is 4.02. The minimum Gasteiger partial charge on any atom is -0.383 e. The molecule has 0 atom stereocenters. The van der Waals surface area contributed by atoms with Gasteiger partial charge in [-0.05, 0) is 31.0 Å². The summed E-state index contributed by atoms with van der Waals surface area (Å²) < 4.78 is 0. The Bertz CT molecular complexity index is 274. The lowest BCUT2D eigenvalue weighted by atomic mass is 10.1. The van der Waals surface area contributed by atoms with Gasteiger partial charge in [-0.15, -0.1) is 0 Å². The Hall–Kier alpha value is -1.09. The van der Waals surface area contributed by atoms with Crippen molar-refractivity contribution in [3.63, 3.8) is 0 Å². The summed E-state index contributed by atoms with van der Waals surface area (Å²) in [5.41, 5.74) is 8.11. The average molecular weight is 193 g/mol. The maximum Gasteiger partial charge on any atom is 0.128 e. The van der Waals surface area contributed by atoms with Crippen LogP contribution >= 0.6 is 0 Å². The molecule has 3 nitrogen and oxygen atoms in total. The Labute approximate surface area is 85.7 Å². The Balaban J connectivity index is 2.58. The van der Waals surface area contributed by atoms with Crippen molar-refractivity contribution < 1.29 is 0 Å². The fraction of sp³-hybridized carbons (Fsp3) is 0.545. The number of nitrogens with zero attached hydrogens (tertiary/aromatic N) is 1. The van der Waals surface area contributed by atoms with Gasteiger partial charge in [0.15, 0.2) is 0 Å². The van der Waals surface area contributed by atoms with E-state index in [1.807, 2.05) is 6.07 Å². The number of pyridine rings is 1. The van der Waals surface area contributed by atoms with E-state index in [4.69, 9.17) is 5.73 Å². The van der Waals surface area contributed by atoms with Crippen LogP contribution in [0.2, 0.25) is 0 Å². The van der Waals surface area contributed by atoms with E-state index < -0.39 is 0 Å². The van der Waals surface area contributed by atoms with Gasteiger partial charge in [-0.1, -0.05) is 13.8 Å². The lowest BCUT2D eigenvalue weighted by Crippen LogP contribution is -2.20. The number of nitrogens with two attached hydrogens (primary N) is 1. The quantitative estimate of drug-likeness (QED) is 0.765. The van der Waals surface area contributed by atoms with Crippen LogP contribution in [0.3, 0.4) is 0 Å². The third-order valence-corrected chi connectivity index (χ3v) is 2.18. The van der Waals surface area contributed by atoms with Gasteiger partial charge >= 0.3 is 0 Å². The standard InChI is InChI=1S/C11H19N3/c1-8(2)6-13-7-10-9(3)4-5-14-11(10)12/h4-5,8,13H,6-7H2,1-3H3,(H2,12,14). The van der Waals surface area contributed by atoms with Gasteiger partial charge in [-0.25, -0.2) is 4.98 Å². The van der Waals surface area contributed by atoms with E-state index in [1.165, 1.54) is 5.56 Å². The van der Waals surface area contributed by atoms with Gasteiger partial charge in [0.1, 0.15) is 5.82 Å². The first kappa shape index (κ1) is 11.0. The van der Waals surface area contributed by atoms with Gasteiger partial charge in [-0.3, -0.25) is 0 Å². The van der Waals surface area contributed by atoms with Crippen LogP contribution in [0.15, 0.2) is 12.3 Å². The zero-order chi connectivity index (χ0) is 10.6. The van der Waals surface area contributed by atoms with E-state index in [-0.39, 0.29) is 0 Å². The fourth-order valence-corrected chi connectivity index (χ4v) is 1.33. The minimum atomic E-state index is 0.640. The van der Waals surface area contributed by atoms with Crippen LogP contribution in [0.1, 0.15) is 25.0 Å². The molecule has 3 heteroatoms. The number of nitrogens with one attached hydrogen (secondary N) is 1. The molecular weight excluding hydrogens is 174 g/mol. The van der Waals surface area contributed by atoms with Gasteiger partial charge in [0.05, 0.1) is 0 Å². The summed E-state index contributed by atoms with van der Waals surface area (Å²) in [6.07, 6.45) is 1.75. The summed E-state index contributed by atoms with van der Waals surface area (Å²) in [5, 5.41) is 3.36. The third-order valence-electron chi connectivity index (χ3n) is 2.18. The molecule has 1 aromatic rings. The molecule has 0 saturated carbocycles. The molecule has 0 aliphatic rings. The summed E-state index contributed by atoms with van der Waals surface area (Å²) in [5.74, 6) is 1.30. The van der Waals surface area contributed by atoms with Crippen LogP contribution in [0, 0.1) is 12.8 Å². The largest absolute Gasteiger partial charge is 0.383 e. The number of aromatic nitrogens is 1. The molecule has 0 bridgehead atoms. The van der Waals surface area contributed by atoms with Crippen molar-refractivity contribution >= 4 is 5.82 Å². The van der Waals surface area contributed by atoms with Crippen LogP contribution < -0.4 is 11.1 Å². The maximum absolute atomic E-state index is 5.79. The molecule has 1 rings (SSSR count). The second-order valence-corrected chi connectivity index (χ2v) is 4.02. The summed E-state index contributed by atoms with van der Waals surface area (Å²) >= 11 is 0. The smallest absolute Gasteiger partial charge is 0.128 e. The van der Waals surface area contributed by atoms with Gasteiger partial charge < -0.3 is 11.1 Å². The molecular formula is C11H19N3. The first-order valence-electron chi connectivity index (χ1n) is 5.02. The van der Waals surface area contributed by atoms with Crippen molar-refractivity contribution in [1.82, 2.24) is 10.3 Å². The molecule has 0 spiro atoms. The van der Waals surface area contributed by atoms with Crippen molar-refractivity contribution in [1.29, 1.82) is 0 Å². The lowest BCUT2D eigenvalue weighted by molar-refractivity contribution is 0.551. The highest BCUT2D eigenvalue weighted by molar-refractivity contribution is 5.43. The zero-order valence-electron chi connectivity index (χ0n) is 9.17. The first-order valence-corrected chi connectivity index (χ1v) is 5.02. The van der Waals surface area contributed by atoms with Crippen LogP contribution in [0.4, 0.5) is 5.82 Å². The third kappa shape index (κ3) is 3.00. The molecule has 0 aromatic carbocycles. The topological polar surface area (TPSA) is 50.9 Å². The van der Waals surface area contributed by atoms with E-state index in [0.717, 1.165) is 18.7 Å². The SMILES string of the molecule is Cc1ccnc(N)c1CNCC(C)C. The molecule has 1 aromatic heterocycles. The molecule has 14 heavy (non-hydrogen) atoms. The molecule has 0 aliphatic heterocycles. The summed E-state index contributed by atoms with van der Waals surface area (Å²) in [7, 11) is 0. The highest BCUT2D eigenvalue weighted by Gasteiger charge is 2.03. The van der Waals surface area contributed by atoms with Crippen LogP contribution in [-0.2, 0) is 6.54 Å². The molecule has 0 unspecified atom stereocenters. The predicted octanol–water partition coefficient (Wildman–Crippen LogP) is 1.72. The van der Waals surface area contributed by atoms with E-state index in [1.54, 1.807) is 6.20 Å². The molecule has 0 saturated heterocycles. The van der Waals surface area contributed by atoms with Gasteiger partial charge in [-0.2, -0.15) is 0 Å². The van der Waals surface area contributed by atoms with E-state index in [2.05, 4.69) is 31.1 Å². The molecule has 0 radical (unpaired) electrons. The van der Waals surface area contributed by atoms with Crippen molar-refractivity contribution in [2.45, 2.75) is 27.3 Å². The normalized spacial score (nSPS) is 10.9. The summed E-state index contributed by atoms with van der Waals surface area (Å²) in [6.45, 7) is 8.25. The number of nitrogen functional groups attached to an aromatic ring is 1. The van der Waals surface area contributed by atoms with Crippen molar-refractivity contribution in [2.24, 2.45) is 5.92 Å².